The van der Waals surface area contributed by atoms with Crippen LogP contribution in [0.15, 0.2) is 60.1 Å². The highest BCUT2D eigenvalue weighted by atomic mass is 16.5. The van der Waals surface area contributed by atoms with Gasteiger partial charge in [-0.05, 0) is 36.8 Å². The van der Waals surface area contributed by atoms with Crippen molar-refractivity contribution in [3.8, 4) is 17.2 Å². The third-order valence-corrected chi connectivity index (χ3v) is 5.13. The fraction of sp³-hybridized carbons (Fsp3) is 0.227. The zero-order valence-electron chi connectivity index (χ0n) is 17.7. The Morgan fingerprint density at radius 3 is 2.42 bits per heavy atom. The largest absolute Gasteiger partial charge is 0.497 e. The summed E-state index contributed by atoms with van der Waals surface area (Å²) in [6, 6.07) is 12.3. The van der Waals surface area contributed by atoms with Crippen LogP contribution in [0, 0.1) is 0 Å². The van der Waals surface area contributed by atoms with Crippen LogP contribution in [0.4, 0.5) is 11.6 Å². The minimum atomic E-state index is -0.471. The Balaban J connectivity index is 1.75. The zero-order valence-corrected chi connectivity index (χ0v) is 17.7. The number of methoxy groups -OCH3 is 3. The van der Waals surface area contributed by atoms with Crippen LogP contribution in [0.25, 0.3) is 0 Å². The van der Waals surface area contributed by atoms with E-state index in [1.807, 2.05) is 31.2 Å². The van der Waals surface area contributed by atoms with Gasteiger partial charge in [0, 0.05) is 11.8 Å². The Kier molecular flexibility index (Phi) is 5.48. The Morgan fingerprint density at radius 2 is 1.74 bits per heavy atom. The highest BCUT2D eigenvalue weighted by Crippen LogP contribution is 2.37. The quantitative estimate of drug-likeness (QED) is 0.630. The molecule has 9 nitrogen and oxygen atoms in total. The number of carbonyl (C=O) groups excluding carboxylic acids is 1. The van der Waals surface area contributed by atoms with Crippen molar-refractivity contribution in [1.82, 2.24) is 14.8 Å². The molecule has 1 aromatic heterocycles. The first-order chi connectivity index (χ1) is 15.0. The second kappa shape index (κ2) is 8.39. The van der Waals surface area contributed by atoms with E-state index in [0.717, 1.165) is 11.3 Å². The van der Waals surface area contributed by atoms with Crippen molar-refractivity contribution in [1.29, 1.82) is 0 Å². The molecule has 2 N–H and O–H groups in total. The molecule has 0 aliphatic carbocycles. The van der Waals surface area contributed by atoms with Gasteiger partial charge in [-0.25, -0.2) is 4.68 Å². The van der Waals surface area contributed by atoms with Gasteiger partial charge in [0.2, 0.25) is 5.95 Å². The fourth-order valence-corrected chi connectivity index (χ4v) is 3.58. The summed E-state index contributed by atoms with van der Waals surface area (Å²) in [6.07, 6.45) is 1.46. The van der Waals surface area contributed by atoms with Gasteiger partial charge in [-0.3, -0.25) is 4.79 Å². The van der Waals surface area contributed by atoms with Crippen LogP contribution in [0.2, 0.25) is 0 Å². The highest BCUT2D eigenvalue weighted by Gasteiger charge is 2.33. The molecule has 2 aromatic carbocycles. The molecule has 4 rings (SSSR count). The van der Waals surface area contributed by atoms with Crippen LogP contribution in [-0.2, 0) is 4.79 Å². The first-order valence-corrected chi connectivity index (χ1v) is 9.60. The van der Waals surface area contributed by atoms with Gasteiger partial charge in [0.15, 0.2) is 0 Å². The first-order valence-electron chi connectivity index (χ1n) is 9.60. The summed E-state index contributed by atoms with van der Waals surface area (Å²) in [5.41, 5.74) is 2.56. The number of rotatable bonds is 6. The maximum Gasteiger partial charge on any atom is 0.255 e. The fourth-order valence-electron chi connectivity index (χ4n) is 3.58. The molecule has 1 aliphatic rings. The number of ether oxygens (including phenoxy) is 3. The summed E-state index contributed by atoms with van der Waals surface area (Å²) >= 11 is 0. The molecule has 0 spiro atoms. The molecule has 0 bridgehead atoms. The molecular weight excluding hydrogens is 398 g/mol. The number of nitrogens with zero attached hydrogens (tertiary/aromatic N) is 3. The smallest absolute Gasteiger partial charge is 0.255 e. The molecule has 1 amide bonds. The SMILES string of the molecule is COc1ccc([C@H]2C(C(=O)Nc3cc(OC)ccc3OC)=C(C)Nc3ncnn32)cc1. The number of anilines is 2. The standard InChI is InChI=1S/C22H23N5O4/c1-13-19(21(28)26-17-11-16(30-3)9-10-18(17)31-4)20(27-22(25-13)23-12-24-27)14-5-7-15(29-2)8-6-14/h5-12,20H,1-4H3,(H,26,28)(H,23,24,25)/t20-/m0/s1. The van der Waals surface area contributed by atoms with Crippen molar-refractivity contribution in [2.45, 2.75) is 13.0 Å². The Labute approximate surface area is 179 Å². The lowest BCUT2D eigenvalue weighted by atomic mass is 9.95. The summed E-state index contributed by atoms with van der Waals surface area (Å²) in [5.74, 6) is 2.13. The van der Waals surface area contributed by atoms with E-state index in [1.165, 1.54) is 6.33 Å². The zero-order chi connectivity index (χ0) is 22.0. The normalized spacial score (nSPS) is 15.0. The monoisotopic (exact) mass is 421 g/mol. The second-order valence-electron chi connectivity index (χ2n) is 6.89. The maximum atomic E-state index is 13.5. The summed E-state index contributed by atoms with van der Waals surface area (Å²) < 4.78 is 17.6. The van der Waals surface area contributed by atoms with Gasteiger partial charge in [-0.1, -0.05) is 12.1 Å². The second-order valence-corrected chi connectivity index (χ2v) is 6.89. The van der Waals surface area contributed by atoms with Crippen molar-refractivity contribution >= 4 is 17.5 Å². The van der Waals surface area contributed by atoms with E-state index in [-0.39, 0.29) is 5.91 Å². The van der Waals surface area contributed by atoms with Gasteiger partial charge in [-0.2, -0.15) is 10.1 Å². The summed E-state index contributed by atoms with van der Waals surface area (Å²) in [4.78, 5) is 17.8. The Hall–Kier alpha value is -4.01. The van der Waals surface area contributed by atoms with Crippen molar-refractivity contribution in [3.05, 3.63) is 65.6 Å². The van der Waals surface area contributed by atoms with Crippen LogP contribution < -0.4 is 24.8 Å². The van der Waals surface area contributed by atoms with E-state index >= 15 is 0 Å². The topological polar surface area (TPSA) is 99.5 Å². The number of amides is 1. The summed E-state index contributed by atoms with van der Waals surface area (Å²) in [6.45, 7) is 1.84. The number of carbonyl (C=O) groups is 1. The van der Waals surface area contributed by atoms with Crippen LogP contribution in [0.1, 0.15) is 18.5 Å². The number of hydrogen-bond acceptors (Lipinski definition) is 7. The minimum Gasteiger partial charge on any atom is -0.497 e. The molecule has 31 heavy (non-hydrogen) atoms. The summed E-state index contributed by atoms with van der Waals surface area (Å²) in [5, 5.41) is 10.5. The number of nitrogens with one attached hydrogen (secondary N) is 2. The molecule has 0 saturated carbocycles. The Bertz CT molecular complexity index is 1140. The lowest BCUT2D eigenvalue weighted by molar-refractivity contribution is -0.113. The number of hydrogen-bond donors (Lipinski definition) is 2. The van der Waals surface area contributed by atoms with Crippen molar-refractivity contribution in [2.75, 3.05) is 32.0 Å². The lowest BCUT2D eigenvalue weighted by Crippen LogP contribution is -2.31. The van der Waals surface area contributed by atoms with E-state index in [0.29, 0.717) is 34.4 Å². The minimum absolute atomic E-state index is 0.293. The van der Waals surface area contributed by atoms with E-state index in [9.17, 15) is 4.79 Å². The predicted molar refractivity (Wildman–Crippen MR) is 116 cm³/mol. The molecule has 0 unspecified atom stereocenters. The average Bonchev–Trinajstić information content (AvgIpc) is 3.26. The highest BCUT2D eigenvalue weighted by molar-refractivity contribution is 6.06. The maximum absolute atomic E-state index is 13.5. The van der Waals surface area contributed by atoms with Crippen molar-refractivity contribution in [2.24, 2.45) is 0 Å². The molecule has 2 heterocycles. The molecule has 0 saturated heterocycles. The third kappa shape index (κ3) is 3.77. The molecule has 1 aliphatic heterocycles. The van der Waals surface area contributed by atoms with Crippen LogP contribution >= 0.6 is 0 Å². The lowest BCUT2D eigenvalue weighted by Gasteiger charge is -2.29. The van der Waals surface area contributed by atoms with Gasteiger partial charge >= 0.3 is 0 Å². The van der Waals surface area contributed by atoms with E-state index in [1.54, 1.807) is 44.2 Å². The van der Waals surface area contributed by atoms with Gasteiger partial charge in [0.1, 0.15) is 29.6 Å². The van der Waals surface area contributed by atoms with E-state index < -0.39 is 6.04 Å². The third-order valence-electron chi connectivity index (χ3n) is 5.13. The molecular formula is C22H23N5O4. The number of aromatic nitrogens is 3. The Morgan fingerprint density at radius 1 is 1.03 bits per heavy atom. The van der Waals surface area contributed by atoms with Gasteiger partial charge in [0.25, 0.3) is 5.91 Å². The van der Waals surface area contributed by atoms with Crippen molar-refractivity contribution < 1.29 is 19.0 Å². The molecule has 160 valence electrons. The van der Waals surface area contributed by atoms with Gasteiger partial charge in [-0.15, -0.1) is 0 Å². The molecule has 3 aromatic rings. The van der Waals surface area contributed by atoms with E-state index in [4.69, 9.17) is 14.2 Å². The average molecular weight is 421 g/mol. The number of allylic oxidation sites excluding steroid dienone is 1. The molecule has 0 radical (unpaired) electrons. The first kappa shape index (κ1) is 20.3. The van der Waals surface area contributed by atoms with Crippen LogP contribution in [-0.4, -0.2) is 42.0 Å². The number of fused-ring (bicyclic) bond motifs is 1. The predicted octanol–water partition coefficient (Wildman–Crippen LogP) is 3.23. The molecule has 1 atom stereocenters. The van der Waals surface area contributed by atoms with Gasteiger partial charge in [0.05, 0.1) is 32.6 Å². The van der Waals surface area contributed by atoms with E-state index in [2.05, 4.69) is 20.7 Å². The van der Waals surface area contributed by atoms with Gasteiger partial charge < -0.3 is 24.8 Å². The summed E-state index contributed by atoms with van der Waals surface area (Å²) in [7, 11) is 4.72. The molecule has 0 fully saturated rings. The number of benzene rings is 2. The van der Waals surface area contributed by atoms with Crippen LogP contribution in [0.3, 0.4) is 0 Å². The van der Waals surface area contributed by atoms with Crippen LogP contribution in [0.5, 0.6) is 17.2 Å². The van der Waals surface area contributed by atoms with Crippen molar-refractivity contribution in [3.63, 3.8) is 0 Å². The molecule has 9 heteroatoms.